The minimum absolute atomic E-state index is 0.0353. The second-order valence-corrected chi connectivity index (χ2v) is 9.98. The first kappa shape index (κ1) is 26.9. The number of carbonyl (C=O) groups excluding carboxylic acids is 1. The average Bonchev–Trinajstić information content (AvgIpc) is 3.34. The Morgan fingerprint density at radius 2 is 1.74 bits per heavy atom. The molecule has 4 rings (SSSR count). The highest BCUT2D eigenvalue weighted by atomic mass is 32.2. The Morgan fingerprint density at radius 1 is 1.03 bits per heavy atom. The van der Waals surface area contributed by atoms with E-state index in [1.54, 1.807) is 32.2 Å². The number of carbonyl (C=O) groups is 1. The van der Waals surface area contributed by atoms with Crippen molar-refractivity contribution in [3.05, 3.63) is 78.5 Å². The molecular weight excluding hydrogens is 521 g/mol. The van der Waals surface area contributed by atoms with E-state index in [0.717, 1.165) is 18.2 Å². The lowest BCUT2D eigenvalue weighted by Crippen LogP contribution is -2.18. The van der Waals surface area contributed by atoms with Crippen LogP contribution in [0, 0.1) is 17.5 Å². The van der Waals surface area contributed by atoms with Crippen LogP contribution in [0.2, 0.25) is 0 Å². The maximum Gasteiger partial charge on any atom is 0.411 e. The van der Waals surface area contributed by atoms with Crippen molar-refractivity contribution in [2.45, 2.75) is 36.6 Å². The number of ether oxygens (including phenoxy) is 1. The van der Waals surface area contributed by atoms with Crippen LogP contribution in [0.5, 0.6) is 0 Å². The largest absolute Gasteiger partial charge is 0.449 e. The molecule has 0 saturated carbocycles. The summed E-state index contributed by atoms with van der Waals surface area (Å²) in [4.78, 5) is 14.5. The van der Waals surface area contributed by atoms with Gasteiger partial charge in [0, 0.05) is 30.7 Å². The highest BCUT2D eigenvalue weighted by Crippen LogP contribution is 2.42. The lowest BCUT2D eigenvalue weighted by Gasteiger charge is -2.17. The molecule has 12 heteroatoms. The second-order valence-electron chi connectivity index (χ2n) is 8.12. The molecule has 8 nitrogen and oxygen atoms in total. The van der Waals surface area contributed by atoms with E-state index < -0.39 is 54.4 Å². The topological polar surface area (TPSA) is 103 Å². The molecule has 1 N–H and O–H groups in total. The minimum atomic E-state index is -4.97. The van der Waals surface area contributed by atoms with Crippen LogP contribution in [0.25, 0.3) is 22.4 Å². The van der Waals surface area contributed by atoms with Gasteiger partial charge < -0.3 is 4.74 Å². The third-order valence-electron chi connectivity index (χ3n) is 5.55. The molecule has 0 aliphatic rings. The van der Waals surface area contributed by atoms with Gasteiger partial charge in [-0.3, -0.25) is 15.0 Å². The molecule has 198 valence electrons. The third kappa shape index (κ3) is 5.25. The van der Waals surface area contributed by atoms with E-state index in [0.29, 0.717) is 36.2 Å². The summed E-state index contributed by atoms with van der Waals surface area (Å²) in [5, 5.41) is 6.70. The fraction of sp³-hybridized carbons (Fsp3) is 0.192. The van der Waals surface area contributed by atoms with Gasteiger partial charge in [0.2, 0.25) is 9.84 Å². The average molecular weight is 545 g/mol. The standard InChI is InChI=1S/C26H23F3N4O4S/c1-3-13-37-26(34)31-21-8-7-20(29)23(25(21)38(35,36)22-14-17(27)5-6-19(22)28)24-18(15-33(4-2)32-24)16-9-11-30-12-10-16/h5-12,14-15H,3-4,13H2,1-2H3,(H,31,34). The van der Waals surface area contributed by atoms with Gasteiger partial charge in [-0.15, -0.1) is 0 Å². The number of amides is 1. The van der Waals surface area contributed by atoms with Crippen LogP contribution in [0.15, 0.2) is 70.8 Å². The molecule has 2 aromatic carbocycles. The Bertz CT molecular complexity index is 1590. The molecular formula is C26H23F3N4O4S. The van der Waals surface area contributed by atoms with Crippen molar-refractivity contribution < 1.29 is 31.1 Å². The smallest absolute Gasteiger partial charge is 0.411 e. The van der Waals surface area contributed by atoms with Gasteiger partial charge in [0.05, 0.1) is 17.9 Å². The summed E-state index contributed by atoms with van der Waals surface area (Å²) in [6.45, 7) is 3.94. The van der Waals surface area contributed by atoms with Gasteiger partial charge in [-0.1, -0.05) is 6.92 Å². The number of halogens is 3. The zero-order valence-electron chi connectivity index (χ0n) is 20.4. The molecule has 0 bridgehead atoms. The van der Waals surface area contributed by atoms with Crippen molar-refractivity contribution in [3.63, 3.8) is 0 Å². The quantitative estimate of drug-likeness (QED) is 0.299. The third-order valence-corrected chi connectivity index (χ3v) is 7.40. The molecule has 4 aromatic rings. The van der Waals surface area contributed by atoms with Gasteiger partial charge in [-0.2, -0.15) is 5.10 Å². The number of hydrogen-bond acceptors (Lipinski definition) is 6. The first-order valence-electron chi connectivity index (χ1n) is 11.6. The van der Waals surface area contributed by atoms with E-state index >= 15 is 4.39 Å². The number of rotatable bonds is 8. The Balaban J connectivity index is 2.06. The van der Waals surface area contributed by atoms with E-state index in [2.05, 4.69) is 15.4 Å². The van der Waals surface area contributed by atoms with Gasteiger partial charge in [0.15, 0.2) is 0 Å². The first-order valence-corrected chi connectivity index (χ1v) is 13.1. The van der Waals surface area contributed by atoms with E-state index in [1.807, 2.05) is 0 Å². The van der Waals surface area contributed by atoms with Gasteiger partial charge in [-0.05, 0) is 61.4 Å². The molecule has 0 aliphatic carbocycles. The normalized spacial score (nSPS) is 11.4. The number of sulfone groups is 1. The predicted molar refractivity (Wildman–Crippen MR) is 134 cm³/mol. The predicted octanol–water partition coefficient (Wildman–Crippen LogP) is 5.84. The van der Waals surface area contributed by atoms with E-state index in [1.165, 1.54) is 17.1 Å². The fourth-order valence-electron chi connectivity index (χ4n) is 3.80. The molecule has 0 spiro atoms. The molecule has 0 atom stereocenters. The van der Waals surface area contributed by atoms with Crippen LogP contribution in [0.1, 0.15) is 20.3 Å². The number of nitrogens with zero attached hydrogens (tertiary/aromatic N) is 3. The summed E-state index contributed by atoms with van der Waals surface area (Å²) in [7, 11) is -4.97. The number of benzene rings is 2. The Kier molecular flexibility index (Phi) is 7.81. The maximum absolute atomic E-state index is 15.7. The van der Waals surface area contributed by atoms with Crippen LogP contribution < -0.4 is 5.32 Å². The molecule has 0 saturated heterocycles. The zero-order chi connectivity index (χ0) is 27.4. The molecule has 2 heterocycles. The molecule has 38 heavy (non-hydrogen) atoms. The van der Waals surface area contributed by atoms with Crippen LogP contribution in [0.3, 0.4) is 0 Å². The number of anilines is 1. The van der Waals surface area contributed by atoms with Crippen molar-refractivity contribution in [2.75, 3.05) is 11.9 Å². The summed E-state index contributed by atoms with van der Waals surface area (Å²) in [6.07, 6.45) is 4.08. The van der Waals surface area contributed by atoms with Gasteiger partial charge in [0.1, 0.15) is 32.9 Å². The first-order chi connectivity index (χ1) is 18.2. The van der Waals surface area contributed by atoms with E-state index in [4.69, 9.17) is 4.74 Å². The Labute approximate surface area is 217 Å². The van der Waals surface area contributed by atoms with Gasteiger partial charge >= 0.3 is 6.09 Å². The highest BCUT2D eigenvalue weighted by molar-refractivity contribution is 7.91. The van der Waals surface area contributed by atoms with Crippen molar-refractivity contribution in [1.29, 1.82) is 0 Å². The highest BCUT2D eigenvalue weighted by Gasteiger charge is 2.34. The van der Waals surface area contributed by atoms with Crippen LogP contribution in [-0.4, -0.2) is 35.9 Å². The van der Waals surface area contributed by atoms with Crippen molar-refractivity contribution >= 4 is 21.6 Å². The number of pyridine rings is 1. The monoisotopic (exact) mass is 544 g/mol. The summed E-state index contributed by atoms with van der Waals surface area (Å²) in [5.74, 6) is -3.29. The molecule has 0 unspecified atom stereocenters. The minimum Gasteiger partial charge on any atom is -0.449 e. The number of aryl methyl sites for hydroxylation is 1. The SMILES string of the molecule is CCCOC(=O)Nc1ccc(F)c(-c2nn(CC)cc2-c2ccncc2)c1S(=O)(=O)c1cc(F)ccc1F. The fourth-order valence-corrected chi connectivity index (χ4v) is 5.49. The summed E-state index contributed by atoms with van der Waals surface area (Å²) >= 11 is 0. The molecule has 0 fully saturated rings. The number of aromatic nitrogens is 3. The lowest BCUT2D eigenvalue weighted by atomic mass is 10.0. The zero-order valence-corrected chi connectivity index (χ0v) is 21.2. The molecule has 2 aromatic heterocycles. The van der Waals surface area contributed by atoms with Crippen LogP contribution >= 0.6 is 0 Å². The lowest BCUT2D eigenvalue weighted by molar-refractivity contribution is 0.161. The van der Waals surface area contributed by atoms with Gasteiger partial charge in [0.25, 0.3) is 0 Å². The molecule has 1 amide bonds. The Morgan fingerprint density at radius 3 is 2.42 bits per heavy atom. The van der Waals surface area contributed by atoms with Crippen molar-refractivity contribution in [3.8, 4) is 22.4 Å². The summed E-state index contributed by atoms with van der Waals surface area (Å²) in [5.41, 5.74) is -0.0968. The number of hydrogen-bond donors (Lipinski definition) is 1. The number of nitrogens with one attached hydrogen (secondary N) is 1. The van der Waals surface area contributed by atoms with E-state index in [9.17, 15) is 22.0 Å². The van der Waals surface area contributed by atoms with Crippen LogP contribution in [0.4, 0.5) is 23.7 Å². The van der Waals surface area contributed by atoms with Gasteiger partial charge in [-0.25, -0.2) is 26.4 Å². The summed E-state index contributed by atoms with van der Waals surface area (Å²) < 4.78 is 78.7. The van der Waals surface area contributed by atoms with Crippen molar-refractivity contribution in [1.82, 2.24) is 14.8 Å². The summed E-state index contributed by atoms with van der Waals surface area (Å²) in [6, 6.07) is 7.12. The van der Waals surface area contributed by atoms with E-state index in [-0.39, 0.29) is 12.3 Å². The maximum atomic E-state index is 15.7. The van der Waals surface area contributed by atoms with Crippen molar-refractivity contribution in [2.24, 2.45) is 0 Å². The Hall–Kier alpha value is -4.19. The molecule has 0 radical (unpaired) electrons. The van der Waals surface area contributed by atoms with Crippen LogP contribution in [-0.2, 0) is 21.1 Å². The molecule has 0 aliphatic heterocycles. The second kappa shape index (κ2) is 11.1.